The summed E-state index contributed by atoms with van der Waals surface area (Å²) in [6.45, 7) is 4.08. The quantitative estimate of drug-likeness (QED) is 0.381. The first-order valence-electron chi connectivity index (χ1n) is 6.92. The van der Waals surface area contributed by atoms with E-state index in [9.17, 15) is 0 Å². The summed E-state index contributed by atoms with van der Waals surface area (Å²) in [5.74, 6) is 6.27. The Balaban J connectivity index is 2.10. The summed E-state index contributed by atoms with van der Waals surface area (Å²) in [4.78, 5) is 0. The van der Waals surface area contributed by atoms with Crippen LogP contribution < -0.4 is 11.3 Å². The third kappa shape index (κ3) is 5.28. The van der Waals surface area contributed by atoms with Crippen molar-refractivity contribution in [2.24, 2.45) is 11.8 Å². The largest absolute Gasteiger partial charge is 0.381 e. The second-order valence-corrected chi connectivity index (χ2v) is 4.95. The molecular weight excluding hydrogens is 200 g/mol. The number of unbranched alkanes of at least 4 members (excludes halogenated alkanes) is 4. The van der Waals surface area contributed by atoms with Crippen LogP contribution >= 0.6 is 0 Å². The minimum Gasteiger partial charge on any atom is -0.381 e. The zero-order valence-corrected chi connectivity index (χ0v) is 10.7. The van der Waals surface area contributed by atoms with Gasteiger partial charge in [-0.1, -0.05) is 39.0 Å². The van der Waals surface area contributed by atoms with Gasteiger partial charge in [-0.15, -0.1) is 0 Å². The van der Waals surface area contributed by atoms with Gasteiger partial charge in [0.1, 0.15) is 0 Å². The van der Waals surface area contributed by atoms with Crippen LogP contribution in [0.3, 0.4) is 0 Å². The number of ether oxygens (including phenoxy) is 1. The van der Waals surface area contributed by atoms with Crippen LogP contribution in [-0.2, 0) is 4.74 Å². The molecule has 0 aromatic rings. The van der Waals surface area contributed by atoms with Gasteiger partial charge in [-0.3, -0.25) is 11.3 Å². The maximum atomic E-state index is 5.64. The Hall–Kier alpha value is -0.120. The first-order valence-corrected chi connectivity index (χ1v) is 6.92. The molecule has 2 unspecified atom stereocenters. The average molecular weight is 228 g/mol. The lowest BCUT2D eigenvalue weighted by atomic mass is 9.90. The van der Waals surface area contributed by atoms with Gasteiger partial charge in [0.2, 0.25) is 0 Å². The van der Waals surface area contributed by atoms with Crippen LogP contribution in [-0.4, -0.2) is 19.3 Å². The molecule has 96 valence electrons. The van der Waals surface area contributed by atoms with Gasteiger partial charge in [0, 0.05) is 12.6 Å². The third-order valence-corrected chi connectivity index (χ3v) is 3.60. The maximum Gasteiger partial charge on any atom is 0.0509 e. The Labute approximate surface area is 100 Å². The Morgan fingerprint density at radius 3 is 2.75 bits per heavy atom. The summed E-state index contributed by atoms with van der Waals surface area (Å²) in [6.07, 6.45) is 10.4. The number of hydrogen-bond donors (Lipinski definition) is 2. The lowest BCUT2D eigenvalue weighted by Crippen LogP contribution is -2.43. The average Bonchev–Trinajstić information content (AvgIpc) is 2.35. The van der Waals surface area contributed by atoms with Crippen LogP contribution in [0.25, 0.3) is 0 Å². The second kappa shape index (κ2) is 8.97. The van der Waals surface area contributed by atoms with Gasteiger partial charge in [0.15, 0.2) is 0 Å². The second-order valence-electron chi connectivity index (χ2n) is 4.95. The van der Waals surface area contributed by atoms with Crippen LogP contribution in [0.4, 0.5) is 0 Å². The molecule has 3 nitrogen and oxygen atoms in total. The summed E-state index contributed by atoms with van der Waals surface area (Å²) in [5.41, 5.74) is 2.98. The molecule has 0 aromatic heterocycles. The van der Waals surface area contributed by atoms with E-state index >= 15 is 0 Å². The zero-order chi connectivity index (χ0) is 11.6. The third-order valence-electron chi connectivity index (χ3n) is 3.60. The van der Waals surface area contributed by atoms with Crippen molar-refractivity contribution in [2.75, 3.05) is 13.2 Å². The van der Waals surface area contributed by atoms with Crippen LogP contribution in [0.15, 0.2) is 0 Å². The highest BCUT2D eigenvalue weighted by atomic mass is 16.5. The molecule has 1 rings (SSSR count). The van der Waals surface area contributed by atoms with E-state index in [0.717, 1.165) is 13.2 Å². The molecular formula is C13H28N2O. The van der Waals surface area contributed by atoms with Crippen LogP contribution in [0.5, 0.6) is 0 Å². The molecule has 1 fully saturated rings. The van der Waals surface area contributed by atoms with Crippen molar-refractivity contribution in [1.82, 2.24) is 5.43 Å². The first-order chi connectivity index (χ1) is 7.88. The molecule has 1 saturated heterocycles. The Bertz CT molecular complexity index is 158. The summed E-state index contributed by atoms with van der Waals surface area (Å²) >= 11 is 0. The van der Waals surface area contributed by atoms with Crippen molar-refractivity contribution in [3.05, 3.63) is 0 Å². The van der Waals surface area contributed by atoms with Gasteiger partial charge in [-0.2, -0.15) is 0 Å². The highest BCUT2D eigenvalue weighted by Crippen LogP contribution is 2.21. The van der Waals surface area contributed by atoms with E-state index in [1.54, 1.807) is 0 Å². The predicted molar refractivity (Wildman–Crippen MR) is 68.0 cm³/mol. The Morgan fingerprint density at radius 2 is 2.12 bits per heavy atom. The molecule has 3 heteroatoms. The SMILES string of the molecule is CCCCCCCC(NN)C1CCCOC1. The fourth-order valence-corrected chi connectivity index (χ4v) is 2.51. The summed E-state index contributed by atoms with van der Waals surface area (Å²) < 4.78 is 5.51. The number of hydrogen-bond acceptors (Lipinski definition) is 3. The van der Waals surface area contributed by atoms with Crippen molar-refractivity contribution in [3.63, 3.8) is 0 Å². The summed E-state index contributed by atoms with van der Waals surface area (Å²) in [5, 5.41) is 0. The molecule has 0 saturated carbocycles. The van der Waals surface area contributed by atoms with Crippen molar-refractivity contribution < 1.29 is 4.74 Å². The predicted octanol–water partition coefficient (Wildman–Crippen LogP) is 2.61. The molecule has 1 aliphatic heterocycles. The zero-order valence-electron chi connectivity index (χ0n) is 10.7. The van der Waals surface area contributed by atoms with Gasteiger partial charge < -0.3 is 4.74 Å². The highest BCUT2D eigenvalue weighted by molar-refractivity contribution is 4.76. The molecule has 1 heterocycles. The molecule has 2 atom stereocenters. The molecule has 0 spiro atoms. The van der Waals surface area contributed by atoms with Gasteiger partial charge in [0.25, 0.3) is 0 Å². The van der Waals surface area contributed by atoms with Gasteiger partial charge >= 0.3 is 0 Å². The molecule has 0 aliphatic carbocycles. The van der Waals surface area contributed by atoms with Crippen molar-refractivity contribution >= 4 is 0 Å². The van der Waals surface area contributed by atoms with E-state index in [0.29, 0.717) is 12.0 Å². The molecule has 0 radical (unpaired) electrons. The molecule has 0 bridgehead atoms. The van der Waals surface area contributed by atoms with Crippen molar-refractivity contribution in [1.29, 1.82) is 0 Å². The van der Waals surface area contributed by atoms with Gasteiger partial charge in [-0.05, 0) is 25.2 Å². The summed E-state index contributed by atoms with van der Waals surface area (Å²) in [7, 11) is 0. The number of hydrazine groups is 1. The first kappa shape index (κ1) is 13.9. The Kier molecular flexibility index (Phi) is 7.81. The smallest absolute Gasteiger partial charge is 0.0509 e. The normalized spacial score (nSPS) is 23.2. The molecule has 3 N–H and O–H groups in total. The molecule has 16 heavy (non-hydrogen) atoms. The molecule has 1 aliphatic rings. The summed E-state index contributed by atoms with van der Waals surface area (Å²) in [6, 6.07) is 0.460. The highest BCUT2D eigenvalue weighted by Gasteiger charge is 2.22. The van der Waals surface area contributed by atoms with E-state index in [1.807, 2.05) is 0 Å². The fraction of sp³-hybridized carbons (Fsp3) is 1.00. The topological polar surface area (TPSA) is 47.3 Å². The van der Waals surface area contributed by atoms with E-state index in [-0.39, 0.29) is 0 Å². The van der Waals surface area contributed by atoms with E-state index in [2.05, 4.69) is 12.3 Å². The van der Waals surface area contributed by atoms with E-state index in [1.165, 1.54) is 51.4 Å². The minimum atomic E-state index is 0.460. The standard InChI is InChI=1S/C13H28N2O/c1-2-3-4-5-6-9-13(15-14)12-8-7-10-16-11-12/h12-13,15H,2-11,14H2,1H3. The minimum absolute atomic E-state index is 0.460. The number of nitrogens with one attached hydrogen (secondary N) is 1. The Morgan fingerprint density at radius 1 is 1.31 bits per heavy atom. The van der Waals surface area contributed by atoms with E-state index in [4.69, 9.17) is 10.6 Å². The van der Waals surface area contributed by atoms with Gasteiger partial charge in [-0.25, -0.2) is 0 Å². The lowest BCUT2D eigenvalue weighted by Gasteiger charge is -2.29. The number of rotatable bonds is 8. The lowest BCUT2D eigenvalue weighted by molar-refractivity contribution is 0.0375. The van der Waals surface area contributed by atoms with Crippen LogP contribution in [0.2, 0.25) is 0 Å². The fourth-order valence-electron chi connectivity index (χ4n) is 2.51. The maximum absolute atomic E-state index is 5.64. The number of nitrogens with two attached hydrogens (primary N) is 1. The van der Waals surface area contributed by atoms with Crippen LogP contribution in [0, 0.1) is 5.92 Å². The van der Waals surface area contributed by atoms with Crippen molar-refractivity contribution in [2.45, 2.75) is 64.3 Å². The van der Waals surface area contributed by atoms with Crippen molar-refractivity contribution in [3.8, 4) is 0 Å². The van der Waals surface area contributed by atoms with E-state index < -0.39 is 0 Å². The van der Waals surface area contributed by atoms with Gasteiger partial charge in [0.05, 0.1) is 6.61 Å². The molecule has 0 aromatic carbocycles. The van der Waals surface area contributed by atoms with Crippen LogP contribution in [0.1, 0.15) is 58.3 Å². The molecule has 0 amide bonds. The monoisotopic (exact) mass is 228 g/mol.